The number of hydrogen-bond donors (Lipinski definition) is 18. The molecule has 1 aromatic heterocycles. The molecule has 0 aliphatic carbocycles. The molecule has 11 atom stereocenters. The minimum Gasteiger partial charge on any atom is -0.508 e. The van der Waals surface area contributed by atoms with Gasteiger partial charge in [0.2, 0.25) is 65.0 Å². The lowest BCUT2D eigenvalue weighted by molar-refractivity contribution is -0.144. The second-order valence-electron chi connectivity index (χ2n) is 24.0. The molecule has 4 aromatic carbocycles. The number of nitrogens with zero attached hydrogens (tertiary/aromatic N) is 1. The van der Waals surface area contributed by atoms with Gasteiger partial charge in [-0.2, -0.15) is 12.6 Å². The number of nitrogens with one attached hydrogen (secondary N) is 11. The van der Waals surface area contributed by atoms with Gasteiger partial charge in [0.05, 0.1) is 19.0 Å². The number of nitrogens with two attached hydrogens (primary N) is 4. The molecule has 0 aliphatic rings. The summed E-state index contributed by atoms with van der Waals surface area (Å²) in [5.41, 5.74) is 26.1. The number of carbonyl (C=O) groups is 12. The van der Waals surface area contributed by atoms with Gasteiger partial charge >= 0.3 is 5.97 Å². The van der Waals surface area contributed by atoms with Crippen LogP contribution in [0.25, 0.3) is 10.9 Å². The van der Waals surface area contributed by atoms with E-state index in [1.807, 2.05) is 24.3 Å². The highest BCUT2D eigenvalue weighted by Crippen LogP contribution is 2.20. The molecule has 31 heteroatoms. The van der Waals surface area contributed by atoms with Gasteiger partial charge in [0, 0.05) is 48.7 Å². The van der Waals surface area contributed by atoms with Gasteiger partial charge in [-0.1, -0.05) is 125 Å². The molecule has 1 heterocycles. The van der Waals surface area contributed by atoms with E-state index >= 15 is 0 Å². The Labute approximate surface area is 572 Å². The van der Waals surface area contributed by atoms with Crippen molar-refractivity contribution in [1.82, 2.24) is 58.2 Å². The van der Waals surface area contributed by atoms with Gasteiger partial charge in [0.1, 0.15) is 60.1 Å². The second kappa shape index (κ2) is 38.9. The molecule has 0 aliphatic heterocycles. The van der Waals surface area contributed by atoms with Crippen LogP contribution in [0.5, 0.6) is 5.75 Å². The van der Waals surface area contributed by atoms with Crippen LogP contribution in [0.15, 0.2) is 120 Å². The Bertz CT molecular complexity index is 3590. The largest absolute Gasteiger partial charge is 0.508 e. The predicted molar refractivity (Wildman–Crippen MR) is 368 cm³/mol. The first-order valence-electron chi connectivity index (χ1n) is 31.9. The number of aliphatic carboxylic acids is 1. The van der Waals surface area contributed by atoms with Crippen LogP contribution in [0, 0.1) is 11.8 Å². The Balaban J connectivity index is 1.29. The number of rotatable bonds is 39. The van der Waals surface area contributed by atoms with E-state index in [-0.39, 0.29) is 62.5 Å². The van der Waals surface area contributed by atoms with E-state index < -0.39 is 156 Å². The van der Waals surface area contributed by atoms with E-state index in [9.17, 15) is 67.7 Å². The number of aromatic nitrogens is 1. The Hall–Kier alpha value is -10.6. The number of carboxylic acid groups (broad SMARTS) is 1. The Morgan fingerprint density at radius 1 is 0.531 bits per heavy atom. The van der Waals surface area contributed by atoms with Crippen molar-refractivity contribution in [2.24, 2.45) is 39.8 Å². The van der Waals surface area contributed by atoms with Gasteiger partial charge in [-0.15, -0.1) is 0 Å². The smallest absolute Gasteiger partial charge is 0.326 e. The first-order chi connectivity index (χ1) is 46.6. The van der Waals surface area contributed by atoms with Crippen molar-refractivity contribution in [2.45, 2.75) is 146 Å². The van der Waals surface area contributed by atoms with Crippen LogP contribution in [0.2, 0.25) is 0 Å². The van der Waals surface area contributed by atoms with Crippen molar-refractivity contribution >= 4 is 100 Å². The Morgan fingerprint density at radius 2 is 1.03 bits per heavy atom. The molecule has 0 saturated carbocycles. The molecule has 30 nitrogen and oxygen atoms in total. The summed E-state index contributed by atoms with van der Waals surface area (Å²) in [4.78, 5) is 171. The zero-order chi connectivity index (χ0) is 72.2. The number of phenolic OH excluding ortho intramolecular Hbond substituents is 1. The molecule has 5 rings (SSSR count). The summed E-state index contributed by atoms with van der Waals surface area (Å²) < 4.78 is 0. The van der Waals surface area contributed by atoms with Crippen LogP contribution in [-0.4, -0.2) is 171 Å². The maximum absolute atomic E-state index is 14.4. The van der Waals surface area contributed by atoms with E-state index in [0.717, 1.165) is 10.9 Å². The highest BCUT2D eigenvalue weighted by molar-refractivity contribution is 7.80. The van der Waals surface area contributed by atoms with E-state index in [4.69, 9.17) is 22.9 Å². The van der Waals surface area contributed by atoms with Crippen LogP contribution in [0.1, 0.15) is 82.6 Å². The SMILES string of the molecule is CC[C@H](C)[C@H](NC(=O)[C@H](CC(N)=O)NC(=O)[C@H](CS)NC(=O)[C@H](Cc1ccccc1)NC(=O)[C@@H](NC(=O)[C@H](CCCN=C(N)N)NC(=O)CNC(=O)[C@H](Cc1ccccc1)NC(=O)[C@H](C)NC(=O)[C@H](Cc1c[nH]c2ccccc12)NC(=O)[C@@H](N)Cc1ccc(O)cc1)C(C)C)C(=O)O. The number of benzene rings is 4. The first kappa shape index (κ1) is 78.1. The summed E-state index contributed by atoms with van der Waals surface area (Å²) >= 11 is 4.24. The number of carboxylic acids is 1. The average Bonchev–Trinajstić information content (AvgIpc) is 1.60. The topological polar surface area (TPSA) is 498 Å². The Kier molecular flexibility index (Phi) is 31.0. The van der Waals surface area contributed by atoms with E-state index in [1.165, 1.54) is 19.1 Å². The number of aromatic amines is 1. The zero-order valence-corrected chi connectivity index (χ0v) is 56.1. The first-order valence-corrected chi connectivity index (χ1v) is 32.5. The number of para-hydroxylation sites is 1. The highest BCUT2D eigenvalue weighted by Gasteiger charge is 2.36. The minimum absolute atomic E-state index is 0.00614. The maximum atomic E-state index is 14.4. The molecule has 21 N–H and O–H groups in total. The van der Waals surface area contributed by atoms with Crippen molar-refractivity contribution in [3.63, 3.8) is 0 Å². The molecule has 0 fully saturated rings. The quantitative estimate of drug-likeness (QED) is 0.00933. The number of hydrogen-bond acceptors (Lipinski definition) is 16. The number of primary amides is 1. The molecule has 0 bridgehead atoms. The van der Waals surface area contributed by atoms with E-state index in [0.29, 0.717) is 28.7 Å². The van der Waals surface area contributed by atoms with Gasteiger partial charge in [0.15, 0.2) is 5.96 Å². The van der Waals surface area contributed by atoms with Gasteiger partial charge in [0.25, 0.3) is 0 Å². The molecule has 0 saturated heterocycles. The predicted octanol–water partition coefficient (Wildman–Crippen LogP) is -1.38. The fourth-order valence-corrected chi connectivity index (χ4v) is 10.5. The number of amides is 11. The molecule has 0 radical (unpaired) electrons. The third kappa shape index (κ3) is 25.2. The summed E-state index contributed by atoms with van der Waals surface area (Å²) in [6.07, 6.45) is 1.11. The summed E-state index contributed by atoms with van der Waals surface area (Å²) in [6, 6.07) is 16.6. The summed E-state index contributed by atoms with van der Waals surface area (Å²) in [5.74, 6) is -12.9. The van der Waals surface area contributed by atoms with Crippen LogP contribution >= 0.6 is 12.6 Å². The molecular formula is C67H90N16O14S. The number of phenols is 1. The van der Waals surface area contributed by atoms with Crippen molar-refractivity contribution in [2.75, 3.05) is 18.8 Å². The summed E-state index contributed by atoms with van der Waals surface area (Å²) in [7, 11) is 0. The standard InChI is InChI=1S/C67H90N16O14S/c1-6-37(4)56(66(96)97)83-63(93)51(32-53(69)85)79-64(94)52(35-98)81-62(92)49(30-40-18-11-8-12-19-40)80-65(95)55(36(2)3)82-60(90)47(22-15-27-72-67(70)71)76-54(86)34-74-59(89)48(29-39-16-9-7-10-17-39)77-57(87)38(5)75-61(91)50(31-42-33-73-46-21-14-13-20-44(42)46)78-58(88)45(68)28-41-23-25-43(84)26-24-41/h7-14,16-21,23-26,33,36-38,45,47-52,55-56,73,84,98H,6,15,22,27-32,34-35,68H2,1-5H3,(H2,69,85)(H,74,89)(H,75,91)(H,76,86)(H,77,87)(H,78,88)(H,79,94)(H,80,95)(H,81,92)(H,82,90)(H,83,93)(H,96,97)(H4,70,71,72)/t37-,38-,45-,47-,48-,49-,50-,51-,52-,55-,56-/m0/s1. The number of aliphatic imine (C=N–C) groups is 1. The van der Waals surface area contributed by atoms with Crippen LogP contribution < -0.4 is 76.1 Å². The molecule has 11 amide bonds. The fourth-order valence-electron chi connectivity index (χ4n) is 10.2. The van der Waals surface area contributed by atoms with Gasteiger partial charge < -0.3 is 91.3 Å². The summed E-state index contributed by atoms with van der Waals surface area (Å²) in [6.45, 7) is 7.13. The van der Waals surface area contributed by atoms with E-state index in [2.05, 4.69) is 75.8 Å². The number of fused-ring (bicyclic) bond motifs is 1. The normalized spacial score (nSPS) is 14.4. The van der Waals surface area contributed by atoms with Gasteiger partial charge in [-0.3, -0.25) is 57.7 Å². The third-order valence-corrected chi connectivity index (χ3v) is 16.3. The molecule has 528 valence electrons. The van der Waals surface area contributed by atoms with Gasteiger partial charge in [-0.25, -0.2) is 4.79 Å². The maximum Gasteiger partial charge on any atom is 0.326 e. The van der Waals surface area contributed by atoms with Crippen molar-refractivity contribution in [3.8, 4) is 5.75 Å². The Morgan fingerprint density at radius 3 is 1.61 bits per heavy atom. The number of H-pyrrole nitrogens is 1. The minimum atomic E-state index is -1.67. The van der Waals surface area contributed by atoms with Crippen molar-refractivity contribution in [3.05, 3.63) is 138 Å². The number of aromatic hydroxyl groups is 1. The number of guanidine groups is 1. The van der Waals surface area contributed by atoms with Crippen LogP contribution in [0.4, 0.5) is 0 Å². The molecule has 98 heavy (non-hydrogen) atoms. The molecular weight excluding hydrogens is 1280 g/mol. The van der Waals surface area contributed by atoms with E-state index in [1.54, 1.807) is 107 Å². The number of thiol groups is 1. The molecule has 0 unspecified atom stereocenters. The monoisotopic (exact) mass is 1370 g/mol. The summed E-state index contributed by atoms with van der Waals surface area (Å²) in [5, 5.41) is 46.0. The molecule has 5 aromatic rings. The zero-order valence-electron chi connectivity index (χ0n) is 55.2. The second-order valence-corrected chi connectivity index (χ2v) is 24.4. The van der Waals surface area contributed by atoms with Crippen LogP contribution in [0.3, 0.4) is 0 Å². The average molecular weight is 1380 g/mol. The third-order valence-electron chi connectivity index (χ3n) is 15.9. The highest BCUT2D eigenvalue weighted by atomic mass is 32.1. The lowest BCUT2D eigenvalue weighted by Gasteiger charge is -2.28. The lowest BCUT2D eigenvalue weighted by atomic mass is 9.98. The fraction of sp³-hybridized carbons (Fsp3) is 0.418. The van der Waals surface area contributed by atoms with Crippen molar-refractivity contribution in [1.29, 1.82) is 0 Å². The van der Waals surface area contributed by atoms with Crippen LogP contribution in [-0.2, 0) is 83.2 Å². The van der Waals surface area contributed by atoms with Gasteiger partial charge in [-0.05, 0) is 78.5 Å². The molecule has 0 spiro atoms. The van der Waals surface area contributed by atoms with Crippen molar-refractivity contribution < 1.29 is 67.7 Å². The lowest BCUT2D eigenvalue weighted by Crippen LogP contribution is -2.61. The number of carbonyl (C=O) groups excluding carboxylic acids is 11.